The highest BCUT2D eigenvalue weighted by atomic mass is 16.6. The molecule has 2 saturated carbocycles. The molecule has 0 radical (unpaired) electrons. The Hall–Kier alpha value is -0.610. The molecule has 2 aliphatic carbocycles. The van der Waals surface area contributed by atoms with Gasteiger partial charge in [-0.15, -0.1) is 0 Å². The van der Waals surface area contributed by atoms with Crippen LogP contribution in [0.2, 0.25) is 0 Å². The third kappa shape index (κ3) is 1.69. The summed E-state index contributed by atoms with van der Waals surface area (Å²) in [5.41, 5.74) is -1.20. The van der Waals surface area contributed by atoms with Crippen LogP contribution in [0.4, 0.5) is 0 Å². The van der Waals surface area contributed by atoms with Crippen LogP contribution in [0.15, 0.2) is 0 Å². The van der Waals surface area contributed by atoms with E-state index >= 15 is 0 Å². The number of hydrogen-bond acceptors (Lipinski definition) is 4. The largest absolute Gasteiger partial charge is 0.461 e. The molecule has 108 valence electrons. The fourth-order valence-corrected chi connectivity index (χ4v) is 4.88. The molecule has 4 nitrogen and oxygen atoms in total. The normalized spacial score (nSPS) is 57.3. The smallest absolute Gasteiger partial charge is 0.309 e. The van der Waals surface area contributed by atoms with Crippen LogP contribution in [0.1, 0.15) is 46.5 Å². The van der Waals surface area contributed by atoms with E-state index in [0.717, 1.165) is 12.8 Å². The maximum atomic E-state index is 11.8. The van der Waals surface area contributed by atoms with Crippen molar-refractivity contribution in [2.75, 3.05) is 0 Å². The Kier molecular flexibility index (Phi) is 2.78. The highest BCUT2D eigenvalue weighted by Gasteiger charge is 2.63. The SMILES string of the molecule is C[C@@H]1C(=O)O[C@H]2[C@H]1CC[C@@]1(C)[C@H](O)CC[C@](C)(O)[C@H]21. The zero-order chi connectivity index (χ0) is 14.0. The summed E-state index contributed by atoms with van der Waals surface area (Å²) in [6.07, 6.45) is 2.32. The van der Waals surface area contributed by atoms with E-state index in [4.69, 9.17) is 4.74 Å². The summed E-state index contributed by atoms with van der Waals surface area (Å²) in [4.78, 5) is 11.8. The summed E-state index contributed by atoms with van der Waals surface area (Å²) < 4.78 is 5.59. The van der Waals surface area contributed by atoms with Crippen LogP contribution in [-0.4, -0.2) is 34.0 Å². The van der Waals surface area contributed by atoms with Gasteiger partial charge in [0.15, 0.2) is 0 Å². The monoisotopic (exact) mass is 268 g/mol. The zero-order valence-corrected chi connectivity index (χ0v) is 11.9. The van der Waals surface area contributed by atoms with E-state index in [-0.39, 0.29) is 35.2 Å². The Bertz CT molecular complexity index is 405. The molecule has 3 aliphatic rings. The maximum absolute atomic E-state index is 11.8. The molecule has 1 heterocycles. The van der Waals surface area contributed by atoms with Crippen molar-refractivity contribution in [3.05, 3.63) is 0 Å². The quantitative estimate of drug-likeness (QED) is 0.653. The van der Waals surface area contributed by atoms with Gasteiger partial charge in [0.2, 0.25) is 0 Å². The second kappa shape index (κ2) is 3.95. The number of fused-ring (bicyclic) bond motifs is 3. The number of carbonyl (C=O) groups excluding carboxylic acids is 1. The van der Waals surface area contributed by atoms with E-state index in [9.17, 15) is 15.0 Å². The van der Waals surface area contributed by atoms with Crippen molar-refractivity contribution in [2.24, 2.45) is 23.2 Å². The minimum atomic E-state index is -0.859. The first kappa shape index (κ1) is 13.4. The topological polar surface area (TPSA) is 66.8 Å². The molecule has 0 aromatic rings. The van der Waals surface area contributed by atoms with Crippen molar-refractivity contribution in [1.82, 2.24) is 0 Å². The number of aliphatic hydroxyl groups is 2. The van der Waals surface area contributed by atoms with Gasteiger partial charge in [-0.1, -0.05) is 13.8 Å². The van der Waals surface area contributed by atoms with Crippen molar-refractivity contribution >= 4 is 5.97 Å². The van der Waals surface area contributed by atoms with Gasteiger partial charge in [0, 0.05) is 17.3 Å². The minimum absolute atomic E-state index is 0.0792. The van der Waals surface area contributed by atoms with Crippen molar-refractivity contribution in [3.8, 4) is 0 Å². The first-order chi connectivity index (χ1) is 8.77. The van der Waals surface area contributed by atoms with Crippen LogP contribution in [0.3, 0.4) is 0 Å². The lowest BCUT2D eigenvalue weighted by Crippen LogP contribution is -2.62. The Morgan fingerprint density at radius 3 is 2.63 bits per heavy atom. The average Bonchev–Trinajstić information content (AvgIpc) is 2.60. The molecule has 4 heteroatoms. The molecule has 0 spiro atoms. The van der Waals surface area contributed by atoms with Crippen LogP contribution in [-0.2, 0) is 9.53 Å². The molecule has 2 N–H and O–H groups in total. The van der Waals surface area contributed by atoms with Crippen LogP contribution in [0, 0.1) is 23.2 Å². The van der Waals surface area contributed by atoms with Gasteiger partial charge in [-0.3, -0.25) is 4.79 Å². The van der Waals surface area contributed by atoms with E-state index in [1.54, 1.807) is 0 Å². The first-order valence-electron chi connectivity index (χ1n) is 7.38. The molecular formula is C15H24O4. The number of esters is 1. The molecule has 19 heavy (non-hydrogen) atoms. The van der Waals surface area contributed by atoms with Gasteiger partial charge < -0.3 is 14.9 Å². The van der Waals surface area contributed by atoms with Gasteiger partial charge in [-0.2, -0.15) is 0 Å². The lowest BCUT2D eigenvalue weighted by atomic mass is 9.51. The first-order valence-corrected chi connectivity index (χ1v) is 7.38. The van der Waals surface area contributed by atoms with Crippen LogP contribution >= 0.6 is 0 Å². The number of rotatable bonds is 0. The molecule has 7 atom stereocenters. The summed E-state index contributed by atoms with van der Waals surface area (Å²) in [5, 5.41) is 21.2. The average molecular weight is 268 g/mol. The third-order valence-electron chi connectivity index (χ3n) is 6.10. The van der Waals surface area contributed by atoms with E-state index in [0.29, 0.717) is 12.8 Å². The molecule has 0 aromatic heterocycles. The predicted molar refractivity (Wildman–Crippen MR) is 69.2 cm³/mol. The highest BCUT2D eigenvalue weighted by Crippen LogP contribution is 2.58. The van der Waals surface area contributed by atoms with Crippen molar-refractivity contribution in [1.29, 1.82) is 0 Å². The second-order valence-electron chi connectivity index (χ2n) is 7.29. The highest BCUT2D eigenvalue weighted by molar-refractivity contribution is 5.75. The molecule has 3 rings (SSSR count). The van der Waals surface area contributed by atoms with Gasteiger partial charge in [-0.05, 0) is 32.6 Å². The second-order valence-corrected chi connectivity index (χ2v) is 7.29. The van der Waals surface area contributed by atoms with E-state index in [1.165, 1.54) is 0 Å². The number of carbonyl (C=O) groups is 1. The molecule has 0 amide bonds. The Balaban J connectivity index is 2.01. The zero-order valence-electron chi connectivity index (χ0n) is 11.9. The summed E-state index contributed by atoms with van der Waals surface area (Å²) in [7, 11) is 0. The van der Waals surface area contributed by atoms with Gasteiger partial charge in [-0.25, -0.2) is 0 Å². The molecule has 3 fully saturated rings. The Morgan fingerprint density at radius 1 is 1.26 bits per heavy atom. The van der Waals surface area contributed by atoms with Crippen molar-refractivity contribution in [2.45, 2.75) is 64.3 Å². The number of ether oxygens (including phenoxy) is 1. The van der Waals surface area contributed by atoms with Gasteiger partial charge in [0.05, 0.1) is 17.6 Å². The Morgan fingerprint density at radius 2 is 1.95 bits per heavy atom. The lowest BCUT2D eigenvalue weighted by Gasteiger charge is -2.57. The van der Waals surface area contributed by atoms with E-state index < -0.39 is 11.7 Å². The summed E-state index contributed by atoms with van der Waals surface area (Å²) in [6, 6.07) is 0. The molecule has 1 aliphatic heterocycles. The fourth-order valence-electron chi connectivity index (χ4n) is 4.88. The van der Waals surface area contributed by atoms with Crippen LogP contribution in [0.25, 0.3) is 0 Å². The predicted octanol–water partition coefficient (Wildman–Crippen LogP) is 1.49. The fraction of sp³-hybridized carbons (Fsp3) is 0.933. The molecule has 0 unspecified atom stereocenters. The summed E-state index contributed by atoms with van der Waals surface area (Å²) >= 11 is 0. The van der Waals surface area contributed by atoms with Crippen molar-refractivity contribution in [3.63, 3.8) is 0 Å². The maximum Gasteiger partial charge on any atom is 0.309 e. The summed E-state index contributed by atoms with van der Waals surface area (Å²) in [5.74, 6) is -0.182. The molecular weight excluding hydrogens is 244 g/mol. The lowest BCUT2D eigenvalue weighted by molar-refractivity contribution is -0.212. The molecule has 0 bridgehead atoms. The van der Waals surface area contributed by atoms with Crippen LogP contribution < -0.4 is 0 Å². The van der Waals surface area contributed by atoms with Crippen molar-refractivity contribution < 1.29 is 19.7 Å². The number of aliphatic hydroxyl groups excluding tert-OH is 1. The van der Waals surface area contributed by atoms with Gasteiger partial charge in [0.25, 0.3) is 0 Å². The standard InChI is InChI=1S/C15H24O4/c1-8-9-4-6-14(2)10(16)5-7-15(3,18)12(14)11(9)19-13(8)17/h8-12,16,18H,4-7H2,1-3H3/t8-,9-,10+,11-,12+,14-,15-/m0/s1. The van der Waals surface area contributed by atoms with Gasteiger partial charge >= 0.3 is 5.97 Å². The molecule has 0 aromatic carbocycles. The summed E-state index contributed by atoms with van der Waals surface area (Å²) in [6.45, 7) is 5.80. The Labute approximate surface area is 114 Å². The third-order valence-corrected chi connectivity index (χ3v) is 6.10. The van der Waals surface area contributed by atoms with Gasteiger partial charge in [0.1, 0.15) is 6.10 Å². The minimum Gasteiger partial charge on any atom is -0.461 e. The molecule has 1 saturated heterocycles. The van der Waals surface area contributed by atoms with E-state index in [1.807, 2.05) is 20.8 Å². The number of hydrogen-bond donors (Lipinski definition) is 2. The van der Waals surface area contributed by atoms with Crippen LogP contribution in [0.5, 0.6) is 0 Å². The van der Waals surface area contributed by atoms with E-state index in [2.05, 4.69) is 0 Å².